The molecule has 0 spiro atoms. The molecule has 0 aliphatic rings. The molecule has 0 aliphatic heterocycles. The van der Waals surface area contributed by atoms with E-state index >= 15 is 0 Å². The van der Waals surface area contributed by atoms with Gasteiger partial charge in [-0.05, 0) is 26.8 Å². The number of ether oxygens (including phenoxy) is 1. The summed E-state index contributed by atoms with van der Waals surface area (Å²) in [6, 6.07) is 6.72. The van der Waals surface area contributed by atoms with Gasteiger partial charge in [-0.2, -0.15) is 0 Å². The van der Waals surface area contributed by atoms with Gasteiger partial charge in [-0.3, -0.25) is 0 Å². The van der Waals surface area contributed by atoms with Crippen LogP contribution in [0, 0.1) is 0 Å². The highest BCUT2D eigenvalue weighted by Gasteiger charge is 2.29. The van der Waals surface area contributed by atoms with Crippen molar-refractivity contribution in [3.63, 3.8) is 0 Å². The topological polar surface area (TPSA) is 76.2 Å². The van der Waals surface area contributed by atoms with Gasteiger partial charge in [0.1, 0.15) is 11.2 Å². The molecule has 0 bridgehead atoms. The number of halogens is 1. The van der Waals surface area contributed by atoms with Gasteiger partial charge in [-0.15, -0.1) is 0 Å². The van der Waals surface area contributed by atoms with Crippen molar-refractivity contribution in [1.82, 2.24) is 4.98 Å². The van der Waals surface area contributed by atoms with E-state index in [-0.39, 0.29) is 10.6 Å². The minimum atomic E-state index is -4.08. The maximum absolute atomic E-state index is 12.2. The SMILES string of the molecule is CC(C)(C)OC(=O)c1c(S(=O)(=O)Cl)[nH]c2ccccc12. The van der Waals surface area contributed by atoms with E-state index in [4.69, 9.17) is 15.4 Å². The summed E-state index contributed by atoms with van der Waals surface area (Å²) < 4.78 is 28.5. The lowest BCUT2D eigenvalue weighted by Crippen LogP contribution is -2.24. The normalized spacial score (nSPS) is 12.6. The summed E-state index contributed by atoms with van der Waals surface area (Å²) in [5.41, 5.74) is -0.291. The zero-order chi connectivity index (χ0) is 15.1. The number of para-hydroxylation sites is 1. The molecular weight excluding hydrogens is 302 g/mol. The molecule has 0 amide bonds. The Morgan fingerprint density at radius 1 is 1.25 bits per heavy atom. The Morgan fingerprint density at radius 3 is 2.40 bits per heavy atom. The third-order valence-corrected chi connectivity index (χ3v) is 3.78. The second-order valence-electron chi connectivity index (χ2n) is 5.31. The van der Waals surface area contributed by atoms with E-state index in [1.165, 1.54) is 0 Å². The summed E-state index contributed by atoms with van der Waals surface area (Å²) in [4.78, 5) is 14.9. The Hall–Kier alpha value is -1.53. The van der Waals surface area contributed by atoms with Crippen molar-refractivity contribution in [2.24, 2.45) is 0 Å². The summed E-state index contributed by atoms with van der Waals surface area (Å²) in [5, 5.41) is 0.121. The summed E-state index contributed by atoms with van der Waals surface area (Å²) in [6.07, 6.45) is 0. The number of nitrogens with one attached hydrogen (secondary N) is 1. The lowest BCUT2D eigenvalue weighted by atomic mass is 10.1. The van der Waals surface area contributed by atoms with Gasteiger partial charge in [-0.1, -0.05) is 18.2 Å². The van der Waals surface area contributed by atoms with E-state index in [0.29, 0.717) is 10.9 Å². The van der Waals surface area contributed by atoms with Crippen LogP contribution in [0.3, 0.4) is 0 Å². The zero-order valence-corrected chi connectivity index (χ0v) is 12.8. The molecule has 2 rings (SSSR count). The van der Waals surface area contributed by atoms with E-state index in [9.17, 15) is 13.2 Å². The molecule has 0 saturated carbocycles. The quantitative estimate of drug-likeness (QED) is 0.682. The minimum Gasteiger partial charge on any atom is -0.456 e. The number of carbonyl (C=O) groups is 1. The average molecular weight is 316 g/mol. The molecule has 1 heterocycles. The van der Waals surface area contributed by atoms with Crippen LogP contribution < -0.4 is 0 Å². The second kappa shape index (κ2) is 4.79. The predicted octanol–water partition coefficient (Wildman–Crippen LogP) is 3.05. The smallest absolute Gasteiger partial charge is 0.342 e. The Kier molecular flexibility index (Phi) is 3.56. The monoisotopic (exact) mass is 315 g/mol. The average Bonchev–Trinajstić information content (AvgIpc) is 2.65. The molecule has 108 valence electrons. The first-order valence-corrected chi connectivity index (χ1v) is 8.19. The molecule has 1 N–H and O–H groups in total. The van der Waals surface area contributed by atoms with Crippen LogP contribution in [0.4, 0.5) is 0 Å². The summed E-state index contributed by atoms with van der Waals surface area (Å²) in [7, 11) is 1.30. The van der Waals surface area contributed by atoms with Gasteiger partial charge in [0.2, 0.25) is 0 Å². The number of aromatic nitrogens is 1. The van der Waals surface area contributed by atoms with Crippen molar-refractivity contribution in [3.05, 3.63) is 29.8 Å². The van der Waals surface area contributed by atoms with E-state index < -0.39 is 20.6 Å². The van der Waals surface area contributed by atoms with Crippen LogP contribution in [0.1, 0.15) is 31.1 Å². The molecule has 1 aromatic heterocycles. The van der Waals surface area contributed by atoms with Gasteiger partial charge in [0.05, 0.1) is 0 Å². The molecule has 1 aromatic carbocycles. The van der Waals surface area contributed by atoms with Crippen molar-refractivity contribution in [2.75, 3.05) is 0 Å². The Balaban J connectivity index is 2.69. The number of benzene rings is 1. The lowest BCUT2D eigenvalue weighted by Gasteiger charge is -2.19. The number of carbonyl (C=O) groups excluding carboxylic acids is 1. The number of hydrogen-bond acceptors (Lipinski definition) is 4. The molecule has 0 atom stereocenters. The number of hydrogen-bond donors (Lipinski definition) is 1. The number of aromatic amines is 1. The number of esters is 1. The molecule has 0 aliphatic carbocycles. The van der Waals surface area contributed by atoms with Crippen LogP contribution >= 0.6 is 10.7 Å². The predicted molar refractivity (Wildman–Crippen MR) is 76.5 cm³/mol. The molecule has 5 nitrogen and oxygen atoms in total. The fourth-order valence-electron chi connectivity index (χ4n) is 1.83. The van der Waals surface area contributed by atoms with Gasteiger partial charge in [0, 0.05) is 21.6 Å². The molecular formula is C13H14ClNO4S. The third-order valence-electron chi connectivity index (χ3n) is 2.52. The zero-order valence-electron chi connectivity index (χ0n) is 11.2. The summed E-state index contributed by atoms with van der Waals surface area (Å²) in [5.74, 6) is -0.728. The van der Waals surface area contributed by atoms with Crippen LogP contribution in [0.15, 0.2) is 29.3 Å². The van der Waals surface area contributed by atoms with Crippen LogP contribution in [0.5, 0.6) is 0 Å². The molecule has 0 saturated heterocycles. The van der Waals surface area contributed by atoms with Crippen LogP contribution in [0.2, 0.25) is 0 Å². The lowest BCUT2D eigenvalue weighted by molar-refractivity contribution is 0.00675. The Morgan fingerprint density at radius 2 is 1.85 bits per heavy atom. The van der Waals surface area contributed by atoms with Crippen molar-refractivity contribution in [3.8, 4) is 0 Å². The largest absolute Gasteiger partial charge is 0.456 e. The van der Waals surface area contributed by atoms with Gasteiger partial charge < -0.3 is 9.72 Å². The van der Waals surface area contributed by atoms with Crippen molar-refractivity contribution in [1.29, 1.82) is 0 Å². The molecule has 0 fully saturated rings. The molecule has 20 heavy (non-hydrogen) atoms. The number of rotatable bonds is 2. The van der Waals surface area contributed by atoms with Gasteiger partial charge in [0.25, 0.3) is 9.05 Å². The van der Waals surface area contributed by atoms with E-state index in [1.54, 1.807) is 45.0 Å². The van der Waals surface area contributed by atoms with Gasteiger partial charge in [-0.25, -0.2) is 13.2 Å². The van der Waals surface area contributed by atoms with E-state index in [1.807, 2.05) is 0 Å². The van der Waals surface area contributed by atoms with Crippen molar-refractivity contribution < 1.29 is 17.9 Å². The Labute approximate surface area is 121 Å². The highest BCUT2D eigenvalue weighted by Crippen LogP contribution is 2.29. The maximum Gasteiger partial charge on any atom is 0.342 e. The third kappa shape index (κ3) is 2.96. The highest BCUT2D eigenvalue weighted by molar-refractivity contribution is 8.13. The van der Waals surface area contributed by atoms with Crippen molar-refractivity contribution in [2.45, 2.75) is 31.4 Å². The van der Waals surface area contributed by atoms with Gasteiger partial charge in [0.15, 0.2) is 5.03 Å². The first-order valence-electron chi connectivity index (χ1n) is 5.88. The van der Waals surface area contributed by atoms with Crippen LogP contribution in [0.25, 0.3) is 10.9 Å². The minimum absolute atomic E-state index is 0.0643. The highest BCUT2D eigenvalue weighted by atomic mass is 35.7. The van der Waals surface area contributed by atoms with E-state index in [2.05, 4.69) is 4.98 Å². The molecule has 7 heteroatoms. The fourth-order valence-corrected chi connectivity index (χ4v) is 2.85. The second-order valence-corrected chi connectivity index (χ2v) is 7.82. The number of fused-ring (bicyclic) bond motifs is 1. The first-order chi connectivity index (χ1) is 9.09. The maximum atomic E-state index is 12.2. The summed E-state index contributed by atoms with van der Waals surface area (Å²) >= 11 is 0. The van der Waals surface area contributed by atoms with Crippen LogP contribution in [-0.4, -0.2) is 25.0 Å². The molecule has 0 unspecified atom stereocenters. The van der Waals surface area contributed by atoms with E-state index in [0.717, 1.165) is 0 Å². The van der Waals surface area contributed by atoms with Crippen molar-refractivity contribution >= 4 is 36.6 Å². The van der Waals surface area contributed by atoms with Gasteiger partial charge >= 0.3 is 5.97 Å². The standard InChI is InChI=1S/C13H14ClNO4S/c1-13(2,3)19-12(16)10-8-6-4-5-7-9(8)15-11(10)20(14,17)18/h4-7,15H,1-3H3. The molecule has 0 radical (unpaired) electrons. The number of H-pyrrole nitrogens is 1. The summed E-state index contributed by atoms with van der Waals surface area (Å²) in [6.45, 7) is 5.11. The first kappa shape index (κ1) is 14.9. The Bertz CT molecular complexity index is 771. The fraction of sp³-hybridized carbons (Fsp3) is 0.308. The van der Waals surface area contributed by atoms with Crippen LogP contribution in [-0.2, 0) is 13.8 Å². The molecule has 2 aromatic rings.